The number of aliphatic carboxylic acids is 2. The molecule has 0 saturated heterocycles. The summed E-state index contributed by atoms with van der Waals surface area (Å²) in [5.41, 5.74) is 0. The molecular weight excluding hydrogens is 163 g/mol. The molecule has 4 nitrogen and oxygen atoms in total. The topological polar surface area (TPSA) is 74.6 Å². The summed E-state index contributed by atoms with van der Waals surface area (Å²) in [5, 5.41) is 16.1. The molecule has 0 fully saturated rings. The Morgan fingerprint density at radius 2 is 1.30 bits per heavy atom. The van der Waals surface area contributed by atoms with Crippen molar-refractivity contribution in [2.45, 2.75) is 19.3 Å². The van der Waals surface area contributed by atoms with E-state index in [9.17, 15) is 9.59 Å². The van der Waals surface area contributed by atoms with E-state index in [1.165, 1.54) is 0 Å². The van der Waals surface area contributed by atoms with Gasteiger partial charge in [0.1, 0.15) is 0 Å². The first-order valence-electron chi connectivity index (χ1n) is 2.56. The summed E-state index contributed by atoms with van der Waals surface area (Å²) in [5.74, 6) is -1.90. The molecule has 0 radical (unpaired) electrons. The summed E-state index contributed by atoms with van der Waals surface area (Å²) in [6, 6.07) is 0. The van der Waals surface area contributed by atoms with Gasteiger partial charge in [-0.15, -0.1) is 0 Å². The molecule has 0 unspecified atom stereocenters. The van der Waals surface area contributed by atoms with Gasteiger partial charge in [-0.2, -0.15) is 0 Å². The van der Waals surface area contributed by atoms with Crippen molar-refractivity contribution in [1.82, 2.24) is 0 Å². The third kappa shape index (κ3) is 11.4. The summed E-state index contributed by atoms with van der Waals surface area (Å²) in [6.07, 6.45) is 0.0866. The number of hydrogen-bond acceptors (Lipinski definition) is 2. The van der Waals surface area contributed by atoms with Crippen LogP contribution in [0.2, 0.25) is 0 Å². The molecule has 0 spiro atoms. The molecular formula is C5H8KO4+. The molecule has 0 aromatic rings. The minimum Gasteiger partial charge on any atom is -0.481 e. The van der Waals surface area contributed by atoms with E-state index in [2.05, 4.69) is 0 Å². The molecule has 2 N–H and O–H groups in total. The van der Waals surface area contributed by atoms with Crippen LogP contribution in [0.4, 0.5) is 0 Å². The van der Waals surface area contributed by atoms with Crippen molar-refractivity contribution < 1.29 is 71.2 Å². The van der Waals surface area contributed by atoms with Crippen LogP contribution < -0.4 is 51.4 Å². The Hall–Kier alpha value is 0.576. The minimum absolute atomic E-state index is 0. The second kappa shape index (κ2) is 7.68. The molecule has 0 bridgehead atoms. The second-order valence-corrected chi connectivity index (χ2v) is 1.64. The van der Waals surface area contributed by atoms with Crippen LogP contribution in [-0.2, 0) is 9.59 Å². The number of carbonyl (C=O) groups is 2. The van der Waals surface area contributed by atoms with E-state index < -0.39 is 11.9 Å². The van der Waals surface area contributed by atoms with E-state index in [-0.39, 0.29) is 70.6 Å². The van der Waals surface area contributed by atoms with Crippen LogP contribution in [0.25, 0.3) is 0 Å². The first-order chi connectivity index (χ1) is 4.13. The summed E-state index contributed by atoms with van der Waals surface area (Å²) >= 11 is 0. The summed E-state index contributed by atoms with van der Waals surface area (Å²) in [4.78, 5) is 19.6. The number of hydrogen-bond donors (Lipinski definition) is 2. The molecule has 0 aliphatic heterocycles. The Morgan fingerprint density at radius 1 is 1.00 bits per heavy atom. The first-order valence-corrected chi connectivity index (χ1v) is 2.56. The fourth-order valence-corrected chi connectivity index (χ4v) is 0.391. The van der Waals surface area contributed by atoms with E-state index in [0.29, 0.717) is 0 Å². The van der Waals surface area contributed by atoms with Crippen molar-refractivity contribution in [3.63, 3.8) is 0 Å². The zero-order valence-electron chi connectivity index (χ0n) is 5.83. The van der Waals surface area contributed by atoms with Gasteiger partial charge in [0.25, 0.3) is 0 Å². The fourth-order valence-electron chi connectivity index (χ4n) is 0.391. The molecule has 0 aliphatic carbocycles. The number of rotatable bonds is 4. The Bertz CT molecular complexity index is 109. The molecule has 0 amide bonds. The molecule has 0 aromatic carbocycles. The Morgan fingerprint density at radius 3 is 1.50 bits per heavy atom. The molecule has 0 rings (SSSR count). The van der Waals surface area contributed by atoms with E-state index in [1.807, 2.05) is 0 Å². The molecule has 5 heteroatoms. The van der Waals surface area contributed by atoms with Gasteiger partial charge in [0.15, 0.2) is 0 Å². The van der Waals surface area contributed by atoms with Crippen LogP contribution in [0, 0.1) is 0 Å². The standard InChI is InChI=1S/C5H8O4.K/c6-4(7)2-1-3-5(8)9;/h1-3H2,(H,6,7)(H,8,9);/q;+1. The van der Waals surface area contributed by atoms with Crippen LogP contribution in [0.3, 0.4) is 0 Å². The van der Waals surface area contributed by atoms with Crippen molar-refractivity contribution in [1.29, 1.82) is 0 Å². The Kier molecular flexibility index (Phi) is 10.1. The first kappa shape index (κ1) is 13.2. The third-order valence-corrected chi connectivity index (χ3v) is 0.781. The fraction of sp³-hybridized carbons (Fsp3) is 0.600. The Labute approximate surface area is 101 Å². The summed E-state index contributed by atoms with van der Waals surface area (Å²) in [7, 11) is 0. The van der Waals surface area contributed by atoms with Crippen molar-refractivity contribution in [2.75, 3.05) is 0 Å². The number of carboxylic acid groups (broad SMARTS) is 2. The average molecular weight is 171 g/mol. The van der Waals surface area contributed by atoms with Gasteiger partial charge in [0.2, 0.25) is 0 Å². The van der Waals surface area contributed by atoms with Gasteiger partial charge in [-0.05, 0) is 6.42 Å². The molecule has 10 heavy (non-hydrogen) atoms. The van der Waals surface area contributed by atoms with Crippen molar-refractivity contribution in [3.8, 4) is 0 Å². The van der Waals surface area contributed by atoms with Gasteiger partial charge in [0, 0.05) is 12.8 Å². The Balaban J connectivity index is 0. The smallest absolute Gasteiger partial charge is 0.481 e. The van der Waals surface area contributed by atoms with Gasteiger partial charge < -0.3 is 10.2 Å². The van der Waals surface area contributed by atoms with Crippen LogP contribution in [0.5, 0.6) is 0 Å². The molecule has 0 heterocycles. The molecule has 0 atom stereocenters. The van der Waals surface area contributed by atoms with E-state index in [1.54, 1.807) is 0 Å². The predicted molar refractivity (Wildman–Crippen MR) is 29.1 cm³/mol. The average Bonchev–Trinajstić information content (AvgIpc) is 1.63. The third-order valence-electron chi connectivity index (χ3n) is 0.781. The SMILES string of the molecule is O=C(O)CCCC(=O)O.[K+]. The van der Waals surface area contributed by atoms with Crippen molar-refractivity contribution in [3.05, 3.63) is 0 Å². The normalized spacial score (nSPS) is 8.00. The molecule has 0 saturated carbocycles. The van der Waals surface area contributed by atoms with Gasteiger partial charge in [-0.3, -0.25) is 9.59 Å². The quantitative estimate of drug-likeness (QED) is 0.452. The van der Waals surface area contributed by atoms with Crippen LogP contribution in [0.15, 0.2) is 0 Å². The van der Waals surface area contributed by atoms with Crippen LogP contribution >= 0.6 is 0 Å². The number of carboxylic acids is 2. The van der Waals surface area contributed by atoms with E-state index in [0.717, 1.165) is 0 Å². The van der Waals surface area contributed by atoms with Gasteiger partial charge in [-0.1, -0.05) is 0 Å². The van der Waals surface area contributed by atoms with E-state index in [4.69, 9.17) is 10.2 Å². The maximum Gasteiger partial charge on any atom is 1.00 e. The molecule has 0 aliphatic rings. The van der Waals surface area contributed by atoms with Gasteiger partial charge >= 0.3 is 63.3 Å². The summed E-state index contributed by atoms with van der Waals surface area (Å²) < 4.78 is 0. The second-order valence-electron chi connectivity index (χ2n) is 1.64. The zero-order chi connectivity index (χ0) is 7.28. The monoisotopic (exact) mass is 171 g/mol. The minimum atomic E-state index is -0.948. The summed E-state index contributed by atoms with van der Waals surface area (Å²) in [6.45, 7) is 0. The predicted octanol–water partition coefficient (Wildman–Crippen LogP) is -2.67. The van der Waals surface area contributed by atoms with Crippen LogP contribution in [-0.4, -0.2) is 22.2 Å². The largest absolute Gasteiger partial charge is 1.00 e. The van der Waals surface area contributed by atoms with Crippen molar-refractivity contribution in [2.24, 2.45) is 0 Å². The maximum absolute atomic E-state index is 9.79. The van der Waals surface area contributed by atoms with E-state index >= 15 is 0 Å². The van der Waals surface area contributed by atoms with Crippen LogP contribution in [0.1, 0.15) is 19.3 Å². The molecule has 52 valence electrons. The van der Waals surface area contributed by atoms with Gasteiger partial charge in [-0.25, -0.2) is 0 Å². The van der Waals surface area contributed by atoms with Crippen molar-refractivity contribution >= 4 is 11.9 Å². The molecule has 0 aromatic heterocycles. The maximum atomic E-state index is 9.79. The van der Waals surface area contributed by atoms with Gasteiger partial charge in [0.05, 0.1) is 0 Å². The zero-order valence-corrected chi connectivity index (χ0v) is 8.96.